The van der Waals surface area contributed by atoms with Gasteiger partial charge in [-0.05, 0) is 26.3 Å². The molecule has 94 valence electrons. The molecule has 0 spiro atoms. The molecule has 0 bridgehead atoms. The smallest absolute Gasteiger partial charge is 0.246 e. The first-order chi connectivity index (χ1) is 8.20. The Hall–Kier alpha value is -1.43. The maximum Gasteiger partial charge on any atom is 0.246 e. The van der Waals surface area contributed by atoms with Crippen molar-refractivity contribution in [3.8, 4) is 0 Å². The Morgan fingerprint density at radius 3 is 3.06 bits per heavy atom. The highest BCUT2D eigenvalue weighted by molar-refractivity contribution is 5.83. The molecular formula is C11H18N4O2. The van der Waals surface area contributed by atoms with Gasteiger partial charge in [0.15, 0.2) is 5.82 Å². The number of aromatic nitrogens is 2. The van der Waals surface area contributed by atoms with Gasteiger partial charge in [0.1, 0.15) is 6.54 Å². The van der Waals surface area contributed by atoms with Crippen LogP contribution < -0.4 is 5.32 Å². The van der Waals surface area contributed by atoms with E-state index >= 15 is 0 Å². The molecule has 1 amide bonds. The molecule has 0 saturated carbocycles. The molecule has 1 atom stereocenters. The highest BCUT2D eigenvalue weighted by atomic mass is 16.5. The number of hydrogen-bond donors (Lipinski definition) is 1. The Balaban J connectivity index is 1.89. The molecule has 0 radical (unpaired) electrons. The fraction of sp³-hybridized carbons (Fsp3) is 0.727. The van der Waals surface area contributed by atoms with Crippen molar-refractivity contribution < 1.29 is 9.32 Å². The van der Waals surface area contributed by atoms with Crippen LogP contribution in [0.15, 0.2) is 4.52 Å². The van der Waals surface area contributed by atoms with Gasteiger partial charge >= 0.3 is 0 Å². The first-order valence-electron chi connectivity index (χ1n) is 6.02. The van der Waals surface area contributed by atoms with E-state index in [1.165, 1.54) is 0 Å². The fourth-order valence-corrected chi connectivity index (χ4v) is 1.97. The Labute approximate surface area is 100 Å². The first kappa shape index (κ1) is 12.0. The van der Waals surface area contributed by atoms with Gasteiger partial charge in [-0.2, -0.15) is 4.98 Å². The zero-order valence-electron chi connectivity index (χ0n) is 10.3. The summed E-state index contributed by atoms with van der Waals surface area (Å²) >= 11 is 0. The lowest BCUT2D eigenvalue weighted by Gasteiger charge is -2.14. The Morgan fingerprint density at radius 2 is 2.41 bits per heavy atom. The molecule has 1 aromatic heterocycles. The second-order valence-electron chi connectivity index (χ2n) is 4.29. The van der Waals surface area contributed by atoms with Gasteiger partial charge < -0.3 is 14.7 Å². The van der Waals surface area contributed by atoms with Crippen molar-refractivity contribution in [2.75, 3.05) is 13.1 Å². The number of hydrogen-bond acceptors (Lipinski definition) is 5. The largest absolute Gasteiger partial charge is 0.337 e. The van der Waals surface area contributed by atoms with Crippen LogP contribution in [0.4, 0.5) is 0 Å². The van der Waals surface area contributed by atoms with Crippen molar-refractivity contribution in [2.45, 2.75) is 39.3 Å². The summed E-state index contributed by atoms with van der Waals surface area (Å²) in [5, 5.41) is 6.96. The number of nitrogens with one attached hydrogen (secondary N) is 1. The van der Waals surface area contributed by atoms with Crippen molar-refractivity contribution in [1.29, 1.82) is 0 Å². The van der Waals surface area contributed by atoms with Crippen LogP contribution in [0.5, 0.6) is 0 Å². The van der Waals surface area contributed by atoms with E-state index in [1.54, 1.807) is 11.8 Å². The summed E-state index contributed by atoms with van der Waals surface area (Å²) in [6.45, 7) is 5.91. The molecule has 0 aliphatic carbocycles. The summed E-state index contributed by atoms with van der Waals surface area (Å²) < 4.78 is 5.02. The monoisotopic (exact) mass is 238 g/mol. The van der Waals surface area contributed by atoms with Crippen LogP contribution in [-0.4, -0.2) is 40.1 Å². The lowest BCUT2D eigenvalue weighted by atomic mass is 10.2. The van der Waals surface area contributed by atoms with Crippen LogP contribution in [0.25, 0.3) is 0 Å². The van der Waals surface area contributed by atoms with Crippen LogP contribution in [0, 0.1) is 6.92 Å². The lowest BCUT2D eigenvalue weighted by molar-refractivity contribution is -0.130. The quantitative estimate of drug-likeness (QED) is 0.807. The van der Waals surface area contributed by atoms with Crippen molar-refractivity contribution >= 4 is 5.91 Å². The van der Waals surface area contributed by atoms with E-state index in [0.717, 1.165) is 25.9 Å². The van der Waals surface area contributed by atoms with Gasteiger partial charge in [-0.25, -0.2) is 0 Å². The molecular weight excluding hydrogens is 220 g/mol. The summed E-state index contributed by atoms with van der Waals surface area (Å²) in [5.41, 5.74) is 0. The molecule has 1 unspecified atom stereocenters. The zero-order valence-corrected chi connectivity index (χ0v) is 10.3. The van der Waals surface area contributed by atoms with Crippen molar-refractivity contribution in [3.63, 3.8) is 0 Å². The van der Waals surface area contributed by atoms with Gasteiger partial charge in [-0.15, -0.1) is 0 Å². The molecule has 1 aliphatic rings. The van der Waals surface area contributed by atoms with Crippen molar-refractivity contribution in [2.24, 2.45) is 0 Å². The van der Waals surface area contributed by atoms with Crippen molar-refractivity contribution in [3.05, 3.63) is 11.7 Å². The predicted molar refractivity (Wildman–Crippen MR) is 61.2 cm³/mol. The van der Waals surface area contributed by atoms with Crippen LogP contribution in [0.2, 0.25) is 0 Å². The Kier molecular flexibility index (Phi) is 3.73. The molecule has 1 N–H and O–H groups in total. The van der Waals surface area contributed by atoms with Gasteiger partial charge in [-0.3, -0.25) is 4.79 Å². The van der Waals surface area contributed by atoms with E-state index in [2.05, 4.69) is 22.4 Å². The van der Waals surface area contributed by atoms with Crippen LogP contribution >= 0.6 is 0 Å². The average Bonchev–Trinajstić information content (AvgIpc) is 2.86. The number of likely N-dealkylation sites (tertiary alicyclic amines) is 1. The summed E-state index contributed by atoms with van der Waals surface area (Å²) in [5.74, 6) is 1.24. The van der Waals surface area contributed by atoms with Gasteiger partial charge in [0.2, 0.25) is 11.8 Å². The molecule has 1 aromatic rings. The van der Waals surface area contributed by atoms with Gasteiger partial charge in [0, 0.05) is 6.54 Å². The molecule has 1 saturated heterocycles. The normalized spacial score (nSPS) is 20.2. The van der Waals surface area contributed by atoms with Gasteiger partial charge in [0.25, 0.3) is 0 Å². The SMILES string of the molecule is CCCNC1CCN(Cc2nc(C)no2)C1=O. The van der Waals surface area contributed by atoms with E-state index in [-0.39, 0.29) is 11.9 Å². The molecule has 2 rings (SSSR count). The third kappa shape index (κ3) is 2.82. The number of amides is 1. The standard InChI is InChI=1S/C11H18N4O2/c1-3-5-12-9-4-6-15(11(9)16)7-10-13-8(2)14-17-10/h9,12H,3-7H2,1-2H3. The number of aryl methyl sites for hydroxylation is 1. The summed E-state index contributed by atoms with van der Waals surface area (Å²) in [6, 6.07) is -0.0426. The number of rotatable bonds is 5. The summed E-state index contributed by atoms with van der Waals surface area (Å²) in [7, 11) is 0. The minimum absolute atomic E-state index is 0.0426. The second-order valence-corrected chi connectivity index (χ2v) is 4.29. The predicted octanol–water partition coefficient (Wildman–Crippen LogP) is 0.479. The highest BCUT2D eigenvalue weighted by Crippen LogP contribution is 2.14. The van der Waals surface area contributed by atoms with E-state index in [9.17, 15) is 4.79 Å². The molecule has 17 heavy (non-hydrogen) atoms. The van der Waals surface area contributed by atoms with Gasteiger partial charge in [-0.1, -0.05) is 12.1 Å². The molecule has 6 nitrogen and oxygen atoms in total. The average molecular weight is 238 g/mol. The lowest BCUT2D eigenvalue weighted by Crippen LogP contribution is -2.38. The molecule has 1 fully saturated rings. The molecule has 1 aliphatic heterocycles. The fourth-order valence-electron chi connectivity index (χ4n) is 1.97. The van der Waals surface area contributed by atoms with E-state index in [0.29, 0.717) is 18.3 Å². The Bertz CT molecular complexity index is 391. The maximum atomic E-state index is 12.0. The first-order valence-corrected chi connectivity index (χ1v) is 6.02. The number of nitrogens with zero attached hydrogens (tertiary/aromatic N) is 3. The van der Waals surface area contributed by atoms with Crippen LogP contribution in [-0.2, 0) is 11.3 Å². The van der Waals surface area contributed by atoms with E-state index in [4.69, 9.17) is 4.52 Å². The molecule has 2 heterocycles. The summed E-state index contributed by atoms with van der Waals surface area (Å²) in [4.78, 5) is 17.9. The zero-order chi connectivity index (χ0) is 12.3. The summed E-state index contributed by atoms with van der Waals surface area (Å²) in [6.07, 6.45) is 1.89. The Morgan fingerprint density at radius 1 is 1.59 bits per heavy atom. The minimum atomic E-state index is -0.0426. The highest BCUT2D eigenvalue weighted by Gasteiger charge is 2.31. The molecule has 6 heteroatoms. The third-order valence-corrected chi connectivity index (χ3v) is 2.83. The maximum absolute atomic E-state index is 12.0. The second kappa shape index (κ2) is 5.27. The van der Waals surface area contributed by atoms with E-state index in [1.807, 2.05) is 0 Å². The topological polar surface area (TPSA) is 71.3 Å². The molecule has 0 aromatic carbocycles. The van der Waals surface area contributed by atoms with E-state index < -0.39 is 0 Å². The van der Waals surface area contributed by atoms with Crippen LogP contribution in [0.1, 0.15) is 31.5 Å². The third-order valence-electron chi connectivity index (χ3n) is 2.83. The number of carbonyl (C=O) groups excluding carboxylic acids is 1. The van der Waals surface area contributed by atoms with Crippen molar-refractivity contribution in [1.82, 2.24) is 20.4 Å². The minimum Gasteiger partial charge on any atom is -0.337 e. The van der Waals surface area contributed by atoms with Crippen LogP contribution in [0.3, 0.4) is 0 Å². The van der Waals surface area contributed by atoms with Gasteiger partial charge in [0.05, 0.1) is 6.04 Å². The number of carbonyl (C=O) groups is 1.